The molecule has 0 spiro atoms. The maximum Gasteiger partial charge on any atom is 0.220 e. The number of rotatable bonds is 50. The lowest BCUT2D eigenvalue weighted by molar-refractivity contribution is -0.123. The Bertz CT molecular complexity index is 912. The van der Waals surface area contributed by atoms with E-state index in [1.165, 1.54) is 231 Å². The molecule has 2 unspecified atom stereocenters. The van der Waals surface area contributed by atoms with E-state index in [-0.39, 0.29) is 12.5 Å². The van der Waals surface area contributed by atoms with Crippen LogP contribution in [0.25, 0.3) is 0 Å². The molecule has 4 heteroatoms. The highest BCUT2D eigenvalue weighted by Gasteiger charge is 2.18. The number of unbranched alkanes of at least 4 members (excludes halogenated alkanes) is 39. The van der Waals surface area contributed by atoms with E-state index in [0.29, 0.717) is 6.42 Å². The molecule has 1 amide bonds. The van der Waals surface area contributed by atoms with Gasteiger partial charge in [0.15, 0.2) is 0 Å². The van der Waals surface area contributed by atoms with Crippen LogP contribution in [0.3, 0.4) is 0 Å². The van der Waals surface area contributed by atoms with Crippen molar-refractivity contribution in [2.24, 2.45) is 0 Å². The molecule has 0 aromatic rings. The molecular formula is C56H107NO3. The zero-order chi connectivity index (χ0) is 43.5. The summed E-state index contributed by atoms with van der Waals surface area (Å²) >= 11 is 0. The SMILES string of the molecule is CCCCCC/C=C\C/C=C\CCCCCCCC(=O)NC(CO)C(O)/C=C/CCCCCCCCCCCCCCCCCCCCCCCCCCCCCCCC. The minimum atomic E-state index is -0.846. The van der Waals surface area contributed by atoms with Gasteiger partial charge in [-0.3, -0.25) is 4.79 Å². The lowest BCUT2D eigenvalue weighted by atomic mass is 10.0. The average molecular weight is 842 g/mol. The highest BCUT2D eigenvalue weighted by Crippen LogP contribution is 2.17. The predicted molar refractivity (Wildman–Crippen MR) is 267 cm³/mol. The first-order chi connectivity index (χ1) is 29.7. The van der Waals surface area contributed by atoms with Gasteiger partial charge in [-0.1, -0.05) is 275 Å². The lowest BCUT2D eigenvalue weighted by Gasteiger charge is -2.20. The zero-order valence-electron chi connectivity index (χ0n) is 40.7. The van der Waals surface area contributed by atoms with E-state index in [0.717, 1.165) is 44.9 Å². The van der Waals surface area contributed by atoms with E-state index < -0.39 is 12.1 Å². The molecule has 0 saturated heterocycles. The third kappa shape index (κ3) is 47.7. The molecule has 0 aromatic heterocycles. The summed E-state index contributed by atoms with van der Waals surface area (Å²) in [6.07, 6.45) is 70.2. The van der Waals surface area contributed by atoms with E-state index in [1.807, 2.05) is 6.08 Å². The molecule has 0 rings (SSSR count). The third-order valence-corrected chi connectivity index (χ3v) is 12.6. The van der Waals surface area contributed by atoms with Gasteiger partial charge in [-0.2, -0.15) is 0 Å². The van der Waals surface area contributed by atoms with Crippen LogP contribution in [0, 0.1) is 0 Å². The Kier molecular flexibility index (Phi) is 50.8. The number of aliphatic hydroxyl groups is 2. The van der Waals surface area contributed by atoms with Crippen LogP contribution in [-0.2, 0) is 4.79 Å². The van der Waals surface area contributed by atoms with Crippen LogP contribution < -0.4 is 5.32 Å². The second kappa shape index (κ2) is 52.0. The first-order valence-electron chi connectivity index (χ1n) is 27.2. The quantitative estimate of drug-likeness (QED) is 0.0422. The average Bonchev–Trinajstić information content (AvgIpc) is 3.25. The standard InChI is InChI=1S/C56H107NO3/c1-3-5-7-9-11-13-15-17-19-21-22-23-24-25-26-27-28-29-30-31-32-33-34-35-36-37-39-41-43-45-47-49-51-55(59)54(53-58)57-56(60)52-50-48-46-44-42-40-38-20-18-16-14-12-10-8-6-4-2/h14,16,20,38,49,51,54-55,58-59H,3-13,15,17-19,21-37,39-48,50,52-53H2,1-2H3,(H,57,60)/b16-14-,38-20-,51-49+. The van der Waals surface area contributed by atoms with E-state index >= 15 is 0 Å². The van der Waals surface area contributed by atoms with Crippen molar-refractivity contribution in [3.05, 3.63) is 36.5 Å². The fourth-order valence-electron chi connectivity index (χ4n) is 8.45. The normalized spacial score (nSPS) is 13.1. The molecule has 0 aliphatic heterocycles. The van der Waals surface area contributed by atoms with E-state index in [2.05, 4.69) is 43.5 Å². The molecule has 2 atom stereocenters. The number of aliphatic hydroxyl groups excluding tert-OH is 2. The molecule has 0 aliphatic rings. The van der Waals surface area contributed by atoms with Gasteiger partial charge in [0.2, 0.25) is 5.91 Å². The molecule has 0 aliphatic carbocycles. The van der Waals surface area contributed by atoms with E-state index in [4.69, 9.17) is 0 Å². The largest absolute Gasteiger partial charge is 0.394 e. The molecule has 3 N–H and O–H groups in total. The van der Waals surface area contributed by atoms with Gasteiger partial charge in [-0.15, -0.1) is 0 Å². The summed E-state index contributed by atoms with van der Waals surface area (Å²) < 4.78 is 0. The minimum absolute atomic E-state index is 0.0751. The summed E-state index contributed by atoms with van der Waals surface area (Å²) in [6.45, 7) is 4.31. The fraction of sp³-hybridized carbons (Fsp3) is 0.875. The number of carbonyl (C=O) groups is 1. The van der Waals surface area contributed by atoms with E-state index in [1.54, 1.807) is 6.08 Å². The molecule has 0 aromatic carbocycles. The third-order valence-electron chi connectivity index (χ3n) is 12.6. The van der Waals surface area contributed by atoms with Crippen molar-refractivity contribution < 1.29 is 15.0 Å². The van der Waals surface area contributed by atoms with Gasteiger partial charge >= 0.3 is 0 Å². The van der Waals surface area contributed by atoms with Crippen LogP contribution in [0.1, 0.15) is 296 Å². The van der Waals surface area contributed by atoms with Crippen LogP contribution in [0.4, 0.5) is 0 Å². The molecule has 4 nitrogen and oxygen atoms in total. The Morgan fingerprint density at radius 1 is 0.400 bits per heavy atom. The second-order valence-corrected chi connectivity index (χ2v) is 18.7. The number of hydrogen-bond acceptors (Lipinski definition) is 3. The Balaban J connectivity index is 3.46. The fourth-order valence-corrected chi connectivity index (χ4v) is 8.45. The minimum Gasteiger partial charge on any atom is -0.394 e. The highest BCUT2D eigenvalue weighted by atomic mass is 16.3. The molecule has 0 bridgehead atoms. The van der Waals surface area contributed by atoms with Crippen LogP contribution >= 0.6 is 0 Å². The Morgan fingerprint density at radius 3 is 1.02 bits per heavy atom. The van der Waals surface area contributed by atoms with Crippen molar-refractivity contribution in [3.8, 4) is 0 Å². The zero-order valence-corrected chi connectivity index (χ0v) is 40.7. The number of amides is 1. The summed E-state index contributed by atoms with van der Waals surface area (Å²) in [5.41, 5.74) is 0. The molecule has 0 radical (unpaired) electrons. The molecule has 0 fully saturated rings. The van der Waals surface area contributed by atoms with Gasteiger partial charge < -0.3 is 15.5 Å². The van der Waals surface area contributed by atoms with Gasteiger partial charge in [0.05, 0.1) is 18.8 Å². The number of carbonyl (C=O) groups excluding carboxylic acids is 1. The number of hydrogen-bond donors (Lipinski definition) is 3. The molecule has 60 heavy (non-hydrogen) atoms. The first kappa shape index (κ1) is 58.6. The molecule has 0 saturated carbocycles. The van der Waals surface area contributed by atoms with Crippen LogP contribution in [0.2, 0.25) is 0 Å². The predicted octanol–water partition coefficient (Wildman–Crippen LogP) is 17.7. The van der Waals surface area contributed by atoms with Crippen LogP contribution in [0.5, 0.6) is 0 Å². The van der Waals surface area contributed by atoms with Crippen molar-refractivity contribution in [2.45, 2.75) is 309 Å². The maximum atomic E-state index is 12.4. The van der Waals surface area contributed by atoms with Crippen molar-refractivity contribution in [1.82, 2.24) is 5.32 Å². The van der Waals surface area contributed by atoms with Crippen LogP contribution in [0.15, 0.2) is 36.5 Å². The Hall–Kier alpha value is -1.39. The molecule has 354 valence electrons. The Labute approximate surface area is 376 Å². The van der Waals surface area contributed by atoms with Crippen molar-refractivity contribution in [1.29, 1.82) is 0 Å². The highest BCUT2D eigenvalue weighted by molar-refractivity contribution is 5.76. The smallest absolute Gasteiger partial charge is 0.220 e. The molecular weight excluding hydrogens is 735 g/mol. The van der Waals surface area contributed by atoms with Crippen molar-refractivity contribution in [3.63, 3.8) is 0 Å². The second-order valence-electron chi connectivity index (χ2n) is 18.7. The topological polar surface area (TPSA) is 69.6 Å². The monoisotopic (exact) mass is 842 g/mol. The summed E-state index contributed by atoms with van der Waals surface area (Å²) in [5, 5.41) is 23.1. The van der Waals surface area contributed by atoms with Gasteiger partial charge in [0.25, 0.3) is 0 Å². The number of allylic oxidation sites excluding steroid dienone is 5. The van der Waals surface area contributed by atoms with Gasteiger partial charge in [0.1, 0.15) is 0 Å². The van der Waals surface area contributed by atoms with Crippen molar-refractivity contribution in [2.75, 3.05) is 6.61 Å². The Morgan fingerprint density at radius 2 is 0.683 bits per heavy atom. The molecule has 0 heterocycles. The van der Waals surface area contributed by atoms with Crippen LogP contribution in [-0.4, -0.2) is 34.9 Å². The summed E-state index contributed by atoms with van der Waals surface area (Å²) in [6, 6.07) is -0.630. The summed E-state index contributed by atoms with van der Waals surface area (Å²) in [7, 11) is 0. The summed E-state index contributed by atoms with van der Waals surface area (Å²) in [5.74, 6) is -0.0751. The van der Waals surface area contributed by atoms with Gasteiger partial charge in [0, 0.05) is 6.42 Å². The van der Waals surface area contributed by atoms with Crippen molar-refractivity contribution >= 4 is 5.91 Å². The summed E-state index contributed by atoms with van der Waals surface area (Å²) in [4.78, 5) is 12.4. The van der Waals surface area contributed by atoms with Gasteiger partial charge in [-0.25, -0.2) is 0 Å². The maximum absolute atomic E-state index is 12.4. The lowest BCUT2D eigenvalue weighted by Crippen LogP contribution is -2.45. The van der Waals surface area contributed by atoms with Gasteiger partial charge in [-0.05, 0) is 51.4 Å². The number of nitrogens with one attached hydrogen (secondary N) is 1. The van der Waals surface area contributed by atoms with E-state index in [9.17, 15) is 15.0 Å². The first-order valence-corrected chi connectivity index (χ1v) is 27.2.